The Morgan fingerprint density at radius 2 is 2.50 bits per heavy atom. The smallest absolute Gasteiger partial charge is 0.299 e. The fourth-order valence-electron chi connectivity index (χ4n) is 0.246. The van der Waals surface area contributed by atoms with Gasteiger partial charge in [0.25, 0.3) is 6.47 Å². The molecule has 8 heavy (non-hydrogen) atoms. The summed E-state index contributed by atoms with van der Waals surface area (Å²) in [5, 5.41) is 0. The fourth-order valence-corrected chi connectivity index (χ4v) is 0.246. The van der Waals surface area contributed by atoms with Crippen molar-refractivity contribution in [3.8, 4) is 0 Å². The minimum atomic E-state index is 0.236. The van der Waals surface area contributed by atoms with Crippen LogP contribution >= 0.6 is 0 Å². The zero-order valence-electron chi connectivity index (χ0n) is 4.63. The molecule has 0 radical (unpaired) electrons. The van der Waals surface area contributed by atoms with E-state index in [4.69, 9.17) is 0 Å². The van der Waals surface area contributed by atoms with Crippen molar-refractivity contribution in [3.63, 3.8) is 0 Å². The van der Waals surface area contributed by atoms with Crippen LogP contribution in [0.3, 0.4) is 0 Å². The van der Waals surface area contributed by atoms with Gasteiger partial charge in [0.05, 0.1) is 0 Å². The highest BCUT2D eigenvalue weighted by molar-refractivity contribution is 5.41. The van der Waals surface area contributed by atoms with Gasteiger partial charge in [0, 0.05) is 0 Å². The van der Waals surface area contributed by atoms with Crippen molar-refractivity contribution in [2.45, 2.75) is 6.92 Å². The number of hydrogen-bond donors (Lipinski definition) is 0. The van der Waals surface area contributed by atoms with Crippen LogP contribution in [0.5, 0.6) is 0 Å². The third kappa shape index (κ3) is 2.12. The zero-order valence-corrected chi connectivity index (χ0v) is 4.63. The van der Waals surface area contributed by atoms with Crippen molar-refractivity contribution in [2.75, 3.05) is 0 Å². The molecule has 0 bridgehead atoms. The lowest BCUT2D eigenvalue weighted by atomic mass is 10.7. The summed E-state index contributed by atoms with van der Waals surface area (Å²) < 4.78 is 4.29. The van der Waals surface area contributed by atoms with E-state index in [-0.39, 0.29) is 5.88 Å². The molecular formula is C5H7NO2. The number of allylic oxidation sites excluding steroid dienone is 1. The Balaban J connectivity index is 3.71. The van der Waals surface area contributed by atoms with Crippen molar-refractivity contribution in [3.05, 3.63) is 12.0 Å². The standard InChI is InChI=1S/C5H7NO2/c1-3-5(6-2)8-4-7/h3-4H,2H2,1H3/b5-3+. The Bertz CT molecular complexity index is 118. The molecule has 0 aliphatic heterocycles. The number of hydrogen-bond acceptors (Lipinski definition) is 3. The number of nitrogens with zero attached hydrogens (tertiary/aromatic N) is 1. The normalized spacial score (nSPS) is 10.4. The van der Waals surface area contributed by atoms with Crippen LogP contribution in [0.2, 0.25) is 0 Å². The average Bonchev–Trinajstić information content (AvgIpc) is 1.83. The van der Waals surface area contributed by atoms with E-state index in [1.165, 1.54) is 0 Å². The van der Waals surface area contributed by atoms with Gasteiger partial charge < -0.3 is 4.74 Å². The van der Waals surface area contributed by atoms with Crippen molar-refractivity contribution in [2.24, 2.45) is 4.99 Å². The van der Waals surface area contributed by atoms with E-state index in [9.17, 15) is 4.79 Å². The third-order valence-electron chi connectivity index (χ3n) is 0.572. The van der Waals surface area contributed by atoms with Crippen LogP contribution in [-0.2, 0) is 9.53 Å². The molecule has 0 rings (SSSR count). The van der Waals surface area contributed by atoms with Crippen LogP contribution in [0.15, 0.2) is 17.0 Å². The molecule has 0 aliphatic carbocycles. The Labute approximate surface area is 47.7 Å². The van der Waals surface area contributed by atoms with Crippen molar-refractivity contribution in [1.29, 1.82) is 0 Å². The molecule has 0 aromatic heterocycles. The first kappa shape index (κ1) is 6.88. The number of ether oxygens (including phenoxy) is 1. The molecule has 3 nitrogen and oxygen atoms in total. The van der Waals surface area contributed by atoms with Crippen molar-refractivity contribution in [1.82, 2.24) is 0 Å². The molecule has 0 aromatic carbocycles. The number of aliphatic imine (C=N–C) groups is 1. The lowest BCUT2D eigenvalue weighted by Crippen LogP contribution is -1.82. The van der Waals surface area contributed by atoms with Gasteiger partial charge in [0.2, 0.25) is 5.88 Å². The van der Waals surface area contributed by atoms with Gasteiger partial charge in [-0.15, -0.1) is 0 Å². The van der Waals surface area contributed by atoms with Crippen LogP contribution < -0.4 is 0 Å². The van der Waals surface area contributed by atoms with E-state index in [2.05, 4.69) is 16.4 Å². The molecule has 44 valence electrons. The van der Waals surface area contributed by atoms with Gasteiger partial charge in [0.15, 0.2) is 0 Å². The highest BCUT2D eigenvalue weighted by Crippen LogP contribution is 1.92. The summed E-state index contributed by atoms with van der Waals surface area (Å²) in [5.41, 5.74) is 0. The van der Waals surface area contributed by atoms with Gasteiger partial charge in [-0.05, 0) is 19.7 Å². The highest BCUT2D eigenvalue weighted by Gasteiger charge is 1.84. The molecule has 0 heterocycles. The summed E-state index contributed by atoms with van der Waals surface area (Å²) in [6.07, 6.45) is 1.54. The zero-order chi connectivity index (χ0) is 6.41. The second-order valence-electron chi connectivity index (χ2n) is 0.999. The number of carbonyl (C=O) groups excluding carboxylic acids is 1. The molecule has 0 aliphatic rings. The van der Waals surface area contributed by atoms with Gasteiger partial charge in [-0.1, -0.05) is 0 Å². The second-order valence-corrected chi connectivity index (χ2v) is 0.999. The lowest BCUT2D eigenvalue weighted by molar-refractivity contribution is -0.125. The van der Waals surface area contributed by atoms with Crippen LogP contribution in [-0.4, -0.2) is 13.2 Å². The maximum absolute atomic E-state index is 9.58. The first-order chi connectivity index (χ1) is 3.85. The van der Waals surface area contributed by atoms with E-state index >= 15 is 0 Å². The Kier molecular flexibility index (Phi) is 3.48. The first-order valence-electron chi connectivity index (χ1n) is 2.08. The van der Waals surface area contributed by atoms with Crippen LogP contribution in [0.25, 0.3) is 0 Å². The molecule has 0 unspecified atom stereocenters. The minimum absolute atomic E-state index is 0.236. The molecular weight excluding hydrogens is 106 g/mol. The molecule has 0 saturated carbocycles. The predicted molar refractivity (Wildman–Crippen MR) is 30.5 cm³/mol. The minimum Gasteiger partial charge on any atom is -0.410 e. The highest BCUT2D eigenvalue weighted by atomic mass is 16.5. The molecule has 0 aromatic rings. The van der Waals surface area contributed by atoms with E-state index in [0.29, 0.717) is 6.47 Å². The van der Waals surface area contributed by atoms with Gasteiger partial charge in [0.1, 0.15) is 0 Å². The van der Waals surface area contributed by atoms with Crippen LogP contribution in [0, 0.1) is 0 Å². The largest absolute Gasteiger partial charge is 0.410 e. The number of carbonyl (C=O) groups is 1. The molecule has 3 heteroatoms. The van der Waals surface area contributed by atoms with Gasteiger partial charge in [-0.3, -0.25) is 4.79 Å². The summed E-state index contributed by atoms with van der Waals surface area (Å²) in [4.78, 5) is 12.9. The summed E-state index contributed by atoms with van der Waals surface area (Å²) in [5.74, 6) is 0.236. The van der Waals surface area contributed by atoms with Crippen molar-refractivity contribution < 1.29 is 9.53 Å². The topological polar surface area (TPSA) is 38.7 Å². The fraction of sp³-hybridized carbons (Fsp3) is 0.200. The molecule has 0 amide bonds. The Morgan fingerprint density at radius 1 is 1.88 bits per heavy atom. The SMILES string of the molecule is C=N/C(=C\C)OC=O. The Morgan fingerprint density at radius 3 is 2.62 bits per heavy atom. The van der Waals surface area contributed by atoms with E-state index in [1.807, 2.05) is 0 Å². The summed E-state index contributed by atoms with van der Waals surface area (Å²) in [6, 6.07) is 0. The van der Waals surface area contributed by atoms with Crippen LogP contribution in [0.1, 0.15) is 6.92 Å². The predicted octanol–water partition coefficient (Wildman–Crippen LogP) is 0.721. The van der Waals surface area contributed by atoms with E-state index in [0.717, 1.165) is 0 Å². The van der Waals surface area contributed by atoms with Gasteiger partial charge in [-0.25, -0.2) is 4.99 Å². The molecule has 0 atom stereocenters. The summed E-state index contributed by atoms with van der Waals surface area (Å²) in [7, 11) is 0. The quantitative estimate of drug-likeness (QED) is 0.307. The maximum atomic E-state index is 9.58. The molecule has 0 saturated heterocycles. The van der Waals surface area contributed by atoms with Crippen LogP contribution in [0.4, 0.5) is 0 Å². The monoisotopic (exact) mass is 113 g/mol. The molecule has 0 fully saturated rings. The van der Waals surface area contributed by atoms with Crippen molar-refractivity contribution >= 4 is 13.2 Å². The van der Waals surface area contributed by atoms with Gasteiger partial charge >= 0.3 is 0 Å². The lowest BCUT2D eigenvalue weighted by Gasteiger charge is -1.90. The molecule has 0 spiro atoms. The first-order valence-corrected chi connectivity index (χ1v) is 2.08. The maximum Gasteiger partial charge on any atom is 0.299 e. The second kappa shape index (κ2) is 4.05. The summed E-state index contributed by atoms with van der Waals surface area (Å²) >= 11 is 0. The summed E-state index contributed by atoms with van der Waals surface area (Å²) in [6.45, 7) is 5.16. The van der Waals surface area contributed by atoms with Gasteiger partial charge in [-0.2, -0.15) is 0 Å². The van der Waals surface area contributed by atoms with E-state index in [1.54, 1.807) is 13.0 Å². The average molecular weight is 113 g/mol. The Hall–Kier alpha value is -1.12. The molecule has 0 N–H and O–H groups in total. The third-order valence-corrected chi connectivity index (χ3v) is 0.572. The van der Waals surface area contributed by atoms with E-state index < -0.39 is 0 Å². The number of rotatable bonds is 3.